The molecule has 5 nitrogen and oxygen atoms in total. The molecule has 7 heteroatoms. The lowest BCUT2D eigenvalue weighted by atomic mass is 9.97. The zero-order valence-corrected chi connectivity index (χ0v) is 17.9. The third-order valence-corrected chi connectivity index (χ3v) is 7.58. The highest BCUT2D eigenvalue weighted by atomic mass is 32.2. The molecule has 3 aromatic rings. The molecule has 146 valence electrons. The Hall–Kier alpha value is -2.12. The number of para-hydroxylation sites is 1. The molecule has 1 atom stereocenters. The number of amides is 1. The second kappa shape index (κ2) is 7.72. The van der Waals surface area contributed by atoms with Gasteiger partial charge in [-0.05, 0) is 50.3 Å². The minimum atomic E-state index is -0.352. The van der Waals surface area contributed by atoms with Gasteiger partial charge in [-0.1, -0.05) is 30.0 Å². The van der Waals surface area contributed by atoms with Crippen molar-refractivity contribution in [2.75, 3.05) is 11.9 Å². The second-order valence-electron chi connectivity index (χ2n) is 7.14. The van der Waals surface area contributed by atoms with Crippen molar-refractivity contribution in [1.82, 2.24) is 9.55 Å². The molecule has 0 spiro atoms. The summed E-state index contributed by atoms with van der Waals surface area (Å²) in [5.74, 6) is -0.0176. The minimum Gasteiger partial charge on any atom is -0.315 e. The normalized spacial score (nSPS) is 14.7. The number of benzene rings is 1. The molecule has 0 radical (unpaired) electrons. The van der Waals surface area contributed by atoms with Crippen LogP contribution in [0.4, 0.5) is 5.69 Å². The molecule has 2 aromatic heterocycles. The molecule has 28 heavy (non-hydrogen) atoms. The Morgan fingerprint density at radius 1 is 1.25 bits per heavy atom. The van der Waals surface area contributed by atoms with Gasteiger partial charge >= 0.3 is 0 Å². The summed E-state index contributed by atoms with van der Waals surface area (Å²) in [6, 6.07) is 9.57. The fraction of sp³-hybridized carbons (Fsp3) is 0.381. The number of aryl methyl sites for hydroxylation is 2. The average molecular weight is 414 g/mol. The van der Waals surface area contributed by atoms with E-state index in [2.05, 4.69) is 0 Å². The van der Waals surface area contributed by atoms with Crippen LogP contribution < -0.4 is 10.5 Å². The SMILES string of the molecule is C[C@@H](Sc1nc2sc3c(c2c(=O)n1C)CCCC3)C(=O)N(C)c1ccccc1. The van der Waals surface area contributed by atoms with Crippen LogP contribution in [0.5, 0.6) is 0 Å². The maximum Gasteiger partial charge on any atom is 0.262 e. The highest BCUT2D eigenvalue weighted by molar-refractivity contribution is 8.00. The lowest BCUT2D eigenvalue weighted by Crippen LogP contribution is -2.33. The van der Waals surface area contributed by atoms with Gasteiger partial charge in [0.2, 0.25) is 5.91 Å². The quantitative estimate of drug-likeness (QED) is 0.479. The van der Waals surface area contributed by atoms with E-state index in [9.17, 15) is 9.59 Å². The summed E-state index contributed by atoms with van der Waals surface area (Å²) < 4.78 is 1.60. The lowest BCUT2D eigenvalue weighted by molar-refractivity contribution is -0.117. The van der Waals surface area contributed by atoms with Gasteiger partial charge < -0.3 is 4.90 Å². The number of carbonyl (C=O) groups excluding carboxylic acids is 1. The first kappa shape index (κ1) is 19.2. The standard InChI is InChI=1S/C21H23N3O2S2/c1-13(19(25)23(2)14-9-5-4-6-10-14)27-21-22-18-17(20(26)24(21)3)15-11-7-8-12-16(15)28-18/h4-6,9-10,13H,7-8,11-12H2,1-3H3/t13-/m1/s1. The van der Waals surface area contributed by atoms with E-state index in [4.69, 9.17) is 4.98 Å². The average Bonchev–Trinajstić information content (AvgIpc) is 3.09. The van der Waals surface area contributed by atoms with Crippen molar-refractivity contribution in [2.45, 2.75) is 43.0 Å². The Kier molecular flexibility index (Phi) is 5.29. The summed E-state index contributed by atoms with van der Waals surface area (Å²) in [6.45, 7) is 1.86. The Morgan fingerprint density at radius 2 is 1.96 bits per heavy atom. The summed E-state index contributed by atoms with van der Waals surface area (Å²) in [4.78, 5) is 34.4. The third-order valence-electron chi connectivity index (χ3n) is 5.26. The first-order valence-corrected chi connectivity index (χ1v) is 11.2. The molecule has 0 N–H and O–H groups in total. The van der Waals surface area contributed by atoms with E-state index in [0.29, 0.717) is 5.16 Å². The van der Waals surface area contributed by atoms with Gasteiger partial charge in [0, 0.05) is 24.7 Å². The lowest BCUT2D eigenvalue weighted by Gasteiger charge is -2.21. The van der Waals surface area contributed by atoms with Crippen molar-refractivity contribution in [3.05, 3.63) is 51.1 Å². The monoisotopic (exact) mass is 413 g/mol. The molecule has 1 aliphatic rings. The highest BCUT2D eigenvalue weighted by Crippen LogP contribution is 2.35. The van der Waals surface area contributed by atoms with Crippen molar-refractivity contribution in [2.24, 2.45) is 7.05 Å². The summed E-state index contributed by atoms with van der Waals surface area (Å²) in [7, 11) is 3.53. The number of aromatic nitrogens is 2. The number of anilines is 1. The Bertz CT molecular complexity index is 1090. The van der Waals surface area contributed by atoms with Gasteiger partial charge in [-0.2, -0.15) is 0 Å². The number of hydrogen-bond acceptors (Lipinski definition) is 5. The van der Waals surface area contributed by atoms with Crippen LogP contribution in [0, 0.1) is 0 Å². The van der Waals surface area contributed by atoms with Gasteiger partial charge in [-0.25, -0.2) is 4.98 Å². The highest BCUT2D eigenvalue weighted by Gasteiger charge is 2.25. The number of thiophene rings is 1. The molecule has 1 aliphatic carbocycles. The molecule has 0 unspecified atom stereocenters. The zero-order chi connectivity index (χ0) is 19.8. The van der Waals surface area contributed by atoms with Crippen LogP contribution >= 0.6 is 23.1 Å². The number of nitrogens with zero attached hydrogens (tertiary/aromatic N) is 3. The fourth-order valence-electron chi connectivity index (χ4n) is 3.63. The van der Waals surface area contributed by atoms with Crippen LogP contribution in [0.1, 0.15) is 30.2 Å². The van der Waals surface area contributed by atoms with Gasteiger partial charge in [-0.3, -0.25) is 14.2 Å². The Morgan fingerprint density at radius 3 is 2.71 bits per heavy atom. The van der Waals surface area contributed by atoms with Crippen LogP contribution in [0.3, 0.4) is 0 Å². The summed E-state index contributed by atoms with van der Waals surface area (Å²) in [5.41, 5.74) is 2.05. The van der Waals surface area contributed by atoms with Crippen LogP contribution in [-0.4, -0.2) is 27.8 Å². The van der Waals surface area contributed by atoms with Gasteiger partial charge in [0.1, 0.15) is 4.83 Å². The molecule has 0 fully saturated rings. The molecule has 1 aromatic carbocycles. The van der Waals surface area contributed by atoms with Crippen molar-refractivity contribution < 1.29 is 4.79 Å². The minimum absolute atomic E-state index is 0.00274. The van der Waals surface area contributed by atoms with E-state index in [-0.39, 0.29) is 16.7 Å². The maximum absolute atomic E-state index is 13.0. The van der Waals surface area contributed by atoms with Crippen LogP contribution in [0.2, 0.25) is 0 Å². The van der Waals surface area contributed by atoms with Crippen LogP contribution in [0.15, 0.2) is 40.3 Å². The largest absolute Gasteiger partial charge is 0.315 e. The molecule has 0 saturated carbocycles. The van der Waals surface area contributed by atoms with E-state index in [1.807, 2.05) is 37.3 Å². The molecule has 2 heterocycles. The zero-order valence-electron chi connectivity index (χ0n) is 16.3. The van der Waals surface area contributed by atoms with Crippen LogP contribution in [-0.2, 0) is 24.7 Å². The molecule has 4 rings (SSSR count). The molecule has 1 amide bonds. The predicted molar refractivity (Wildman–Crippen MR) is 117 cm³/mol. The van der Waals surface area contributed by atoms with Gasteiger partial charge in [-0.15, -0.1) is 11.3 Å². The van der Waals surface area contributed by atoms with E-state index in [0.717, 1.165) is 35.2 Å². The van der Waals surface area contributed by atoms with E-state index < -0.39 is 0 Å². The van der Waals surface area contributed by atoms with E-state index in [1.165, 1.54) is 28.6 Å². The second-order valence-corrected chi connectivity index (χ2v) is 9.53. The van der Waals surface area contributed by atoms with Crippen molar-refractivity contribution >= 4 is 44.9 Å². The molecular formula is C21H23N3O2S2. The first-order valence-electron chi connectivity index (χ1n) is 9.48. The molecule has 0 bridgehead atoms. The van der Waals surface area contributed by atoms with Gasteiger partial charge in [0.05, 0.1) is 10.6 Å². The Labute approximate surface area is 172 Å². The first-order chi connectivity index (χ1) is 13.5. The van der Waals surface area contributed by atoms with Gasteiger partial charge in [0.25, 0.3) is 5.56 Å². The maximum atomic E-state index is 13.0. The number of thioether (sulfide) groups is 1. The molecule has 0 saturated heterocycles. The van der Waals surface area contributed by atoms with Crippen molar-refractivity contribution in [3.8, 4) is 0 Å². The van der Waals surface area contributed by atoms with E-state index in [1.54, 1.807) is 34.9 Å². The topological polar surface area (TPSA) is 55.2 Å². The Balaban J connectivity index is 1.63. The number of rotatable bonds is 4. The van der Waals surface area contributed by atoms with Crippen molar-refractivity contribution in [3.63, 3.8) is 0 Å². The fourth-order valence-corrected chi connectivity index (χ4v) is 5.90. The smallest absolute Gasteiger partial charge is 0.262 e. The van der Waals surface area contributed by atoms with Gasteiger partial charge in [0.15, 0.2) is 5.16 Å². The molecule has 0 aliphatic heterocycles. The van der Waals surface area contributed by atoms with Crippen molar-refractivity contribution in [1.29, 1.82) is 0 Å². The summed E-state index contributed by atoms with van der Waals surface area (Å²) in [6.07, 6.45) is 4.32. The predicted octanol–water partition coefficient (Wildman–Crippen LogP) is 4.02. The summed E-state index contributed by atoms with van der Waals surface area (Å²) >= 11 is 2.99. The number of carbonyl (C=O) groups is 1. The van der Waals surface area contributed by atoms with Crippen LogP contribution in [0.25, 0.3) is 10.2 Å². The third kappa shape index (κ3) is 3.37. The summed E-state index contributed by atoms with van der Waals surface area (Å²) in [5, 5.41) is 1.03. The molecular weight excluding hydrogens is 390 g/mol. The number of fused-ring (bicyclic) bond motifs is 3. The number of hydrogen-bond donors (Lipinski definition) is 0. The van der Waals surface area contributed by atoms with E-state index >= 15 is 0 Å².